The minimum atomic E-state index is -1.17. The van der Waals surface area contributed by atoms with Crippen molar-refractivity contribution in [1.29, 1.82) is 0 Å². The zero-order valence-corrected chi connectivity index (χ0v) is 13.9. The van der Waals surface area contributed by atoms with E-state index in [1.54, 1.807) is 24.3 Å². The van der Waals surface area contributed by atoms with Crippen LogP contribution in [0.15, 0.2) is 60.8 Å². The highest BCUT2D eigenvalue weighted by Gasteiger charge is 2.16. The van der Waals surface area contributed by atoms with Crippen molar-refractivity contribution >= 4 is 28.4 Å². The molecule has 0 spiro atoms. The number of rotatable bonds is 6. The molecule has 0 aliphatic carbocycles. The average molecular weight is 343 g/mol. The summed E-state index contributed by atoms with van der Waals surface area (Å²) in [7, 11) is 0. The molecule has 0 saturated carbocycles. The highest BCUT2D eigenvalue weighted by Crippen LogP contribution is 2.17. The molecule has 124 valence electrons. The zero-order chi connectivity index (χ0) is 16.9. The van der Waals surface area contributed by atoms with Gasteiger partial charge in [-0.15, -0.1) is 0 Å². The first kappa shape index (κ1) is 16.6. The van der Waals surface area contributed by atoms with Crippen LogP contribution in [0.2, 0.25) is 5.02 Å². The van der Waals surface area contributed by atoms with Gasteiger partial charge in [-0.2, -0.15) is 0 Å². The van der Waals surface area contributed by atoms with E-state index in [1.807, 2.05) is 12.1 Å². The van der Waals surface area contributed by atoms with Gasteiger partial charge >= 0.3 is 0 Å². The van der Waals surface area contributed by atoms with Crippen molar-refractivity contribution in [3.05, 3.63) is 71.4 Å². The SMILES string of the molecule is O=C(NCCCn1ccc2ccccc21)C(O)c1ccc(Cl)cc1. The normalized spacial score (nSPS) is 12.2. The Hall–Kier alpha value is -2.30. The molecule has 1 aromatic heterocycles. The second-order valence-electron chi connectivity index (χ2n) is 5.67. The Morgan fingerprint density at radius 2 is 1.88 bits per heavy atom. The van der Waals surface area contributed by atoms with Gasteiger partial charge in [0.05, 0.1) is 0 Å². The second-order valence-corrected chi connectivity index (χ2v) is 6.10. The Kier molecular flexibility index (Phi) is 5.18. The number of aromatic nitrogens is 1. The third-order valence-electron chi connectivity index (χ3n) is 3.99. The van der Waals surface area contributed by atoms with Crippen LogP contribution in [0.1, 0.15) is 18.1 Å². The number of fused-ring (bicyclic) bond motifs is 1. The molecule has 0 aliphatic heterocycles. The summed E-state index contributed by atoms with van der Waals surface area (Å²) >= 11 is 5.80. The van der Waals surface area contributed by atoms with Crippen LogP contribution in [-0.2, 0) is 11.3 Å². The summed E-state index contributed by atoms with van der Waals surface area (Å²) in [5.74, 6) is -0.394. The highest BCUT2D eigenvalue weighted by atomic mass is 35.5. The van der Waals surface area contributed by atoms with E-state index in [0.717, 1.165) is 13.0 Å². The number of aliphatic hydroxyl groups is 1. The van der Waals surface area contributed by atoms with Crippen molar-refractivity contribution in [2.75, 3.05) is 6.54 Å². The summed E-state index contributed by atoms with van der Waals surface area (Å²) in [6.07, 6.45) is 1.67. The molecule has 2 aromatic carbocycles. The number of hydrogen-bond acceptors (Lipinski definition) is 2. The third kappa shape index (κ3) is 3.78. The molecule has 0 radical (unpaired) electrons. The maximum atomic E-state index is 12.0. The number of aliphatic hydroxyl groups excluding tert-OH is 1. The summed E-state index contributed by atoms with van der Waals surface area (Å²) in [5, 5.41) is 14.6. The Morgan fingerprint density at radius 3 is 2.67 bits per heavy atom. The lowest BCUT2D eigenvalue weighted by atomic mass is 10.1. The van der Waals surface area contributed by atoms with Gasteiger partial charge in [0, 0.05) is 29.8 Å². The van der Waals surface area contributed by atoms with Crippen LogP contribution in [-0.4, -0.2) is 22.1 Å². The number of benzene rings is 2. The van der Waals surface area contributed by atoms with Crippen molar-refractivity contribution in [1.82, 2.24) is 9.88 Å². The fraction of sp³-hybridized carbons (Fsp3) is 0.211. The van der Waals surface area contributed by atoms with Gasteiger partial charge in [-0.3, -0.25) is 4.79 Å². The van der Waals surface area contributed by atoms with Crippen molar-refractivity contribution < 1.29 is 9.90 Å². The largest absolute Gasteiger partial charge is 0.378 e. The van der Waals surface area contributed by atoms with Crippen molar-refractivity contribution in [2.45, 2.75) is 19.1 Å². The molecule has 0 fully saturated rings. The van der Waals surface area contributed by atoms with Gasteiger partial charge in [0.25, 0.3) is 5.91 Å². The Labute approximate surface area is 145 Å². The summed E-state index contributed by atoms with van der Waals surface area (Å²) < 4.78 is 2.16. The van der Waals surface area contributed by atoms with Crippen LogP contribution in [0, 0.1) is 0 Å². The monoisotopic (exact) mass is 342 g/mol. The third-order valence-corrected chi connectivity index (χ3v) is 4.24. The van der Waals surface area contributed by atoms with Gasteiger partial charge < -0.3 is 15.0 Å². The number of amides is 1. The van der Waals surface area contributed by atoms with Crippen LogP contribution in [0.5, 0.6) is 0 Å². The number of para-hydroxylation sites is 1. The standard InChI is InChI=1S/C19H19ClN2O2/c20-16-8-6-15(7-9-16)18(23)19(24)21-11-3-12-22-13-10-14-4-1-2-5-17(14)22/h1-2,4-10,13,18,23H,3,11-12H2,(H,21,24). The van der Waals surface area contributed by atoms with E-state index in [0.29, 0.717) is 17.1 Å². The molecule has 1 unspecified atom stereocenters. The van der Waals surface area contributed by atoms with Crippen LogP contribution in [0.25, 0.3) is 10.9 Å². The second kappa shape index (κ2) is 7.51. The molecular formula is C19H19ClN2O2. The minimum Gasteiger partial charge on any atom is -0.378 e. The summed E-state index contributed by atoms with van der Waals surface area (Å²) in [6.45, 7) is 1.32. The van der Waals surface area contributed by atoms with Crippen LogP contribution >= 0.6 is 11.6 Å². The van der Waals surface area contributed by atoms with E-state index in [4.69, 9.17) is 11.6 Å². The fourth-order valence-corrected chi connectivity index (χ4v) is 2.82. The molecular weight excluding hydrogens is 324 g/mol. The number of halogens is 1. The number of carbonyl (C=O) groups is 1. The van der Waals surface area contributed by atoms with Gasteiger partial charge in [0.2, 0.25) is 0 Å². The zero-order valence-electron chi connectivity index (χ0n) is 13.2. The predicted octanol–water partition coefficient (Wildman–Crippen LogP) is 3.53. The molecule has 4 nitrogen and oxygen atoms in total. The lowest BCUT2D eigenvalue weighted by molar-refractivity contribution is -0.129. The Morgan fingerprint density at radius 1 is 1.12 bits per heavy atom. The summed E-state index contributed by atoms with van der Waals surface area (Å²) in [4.78, 5) is 12.0. The van der Waals surface area contributed by atoms with Gasteiger partial charge in [-0.1, -0.05) is 41.9 Å². The molecule has 1 atom stereocenters. The molecule has 0 aliphatic rings. The van der Waals surface area contributed by atoms with E-state index < -0.39 is 12.0 Å². The van der Waals surface area contributed by atoms with Crippen LogP contribution in [0.4, 0.5) is 0 Å². The van der Waals surface area contributed by atoms with Crippen molar-refractivity contribution in [3.63, 3.8) is 0 Å². The molecule has 5 heteroatoms. The van der Waals surface area contributed by atoms with E-state index >= 15 is 0 Å². The molecule has 1 amide bonds. The molecule has 3 aromatic rings. The van der Waals surface area contributed by atoms with Gasteiger partial charge in [-0.25, -0.2) is 0 Å². The molecule has 2 N–H and O–H groups in total. The number of aryl methyl sites for hydroxylation is 1. The molecule has 0 bridgehead atoms. The van der Waals surface area contributed by atoms with Gasteiger partial charge in [0.1, 0.15) is 0 Å². The van der Waals surface area contributed by atoms with Crippen molar-refractivity contribution in [3.8, 4) is 0 Å². The number of nitrogens with zero attached hydrogens (tertiary/aromatic N) is 1. The summed E-state index contributed by atoms with van der Waals surface area (Å²) in [5.41, 5.74) is 1.72. The molecule has 24 heavy (non-hydrogen) atoms. The van der Waals surface area contributed by atoms with Gasteiger partial charge in [-0.05, 0) is 41.6 Å². The van der Waals surface area contributed by atoms with Crippen LogP contribution < -0.4 is 5.32 Å². The van der Waals surface area contributed by atoms with Crippen molar-refractivity contribution in [2.24, 2.45) is 0 Å². The lowest BCUT2D eigenvalue weighted by Gasteiger charge is -2.12. The maximum Gasteiger partial charge on any atom is 0.253 e. The number of hydrogen-bond donors (Lipinski definition) is 2. The molecule has 0 saturated heterocycles. The maximum absolute atomic E-state index is 12.0. The lowest BCUT2D eigenvalue weighted by Crippen LogP contribution is -2.30. The summed E-state index contributed by atoms with van der Waals surface area (Å²) in [6, 6.07) is 16.9. The van der Waals surface area contributed by atoms with E-state index in [2.05, 4.69) is 34.3 Å². The molecule has 1 heterocycles. The molecule has 3 rings (SSSR count). The predicted molar refractivity (Wildman–Crippen MR) is 96.0 cm³/mol. The Balaban J connectivity index is 1.49. The van der Waals surface area contributed by atoms with E-state index in [1.165, 1.54) is 10.9 Å². The average Bonchev–Trinajstić information content (AvgIpc) is 3.02. The number of nitrogens with one attached hydrogen (secondary N) is 1. The van der Waals surface area contributed by atoms with Crippen LogP contribution in [0.3, 0.4) is 0 Å². The smallest absolute Gasteiger partial charge is 0.253 e. The number of carbonyl (C=O) groups excluding carboxylic acids is 1. The minimum absolute atomic E-state index is 0.394. The van der Waals surface area contributed by atoms with Gasteiger partial charge in [0.15, 0.2) is 6.10 Å². The first-order chi connectivity index (χ1) is 11.6. The first-order valence-electron chi connectivity index (χ1n) is 7.90. The topological polar surface area (TPSA) is 54.3 Å². The van der Waals surface area contributed by atoms with E-state index in [-0.39, 0.29) is 0 Å². The van der Waals surface area contributed by atoms with E-state index in [9.17, 15) is 9.90 Å². The first-order valence-corrected chi connectivity index (χ1v) is 8.28. The Bertz CT molecular complexity index is 827. The quantitative estimate of drug-likeness (QED) is 0.673. The fourth-order valence-electron chi connectivity index (χ4n) is 2.69. The highest BCUT2D eigenvalue weighted by molar-refractivity contribution is 6.30.